The van der Waals surface area contributed by atoms with Gasteiger partial charge in [0.1, 0.15) is 0 Å². The predicted octanol–water partition coefficient (Wildman–Crippen LogP) is 2.28. The van der Waals surface area contributed by atoms with Gasteiger partial charge in [-0.2, -0.15) is 0 Å². The lowest BCUT2D eigenvalue weighted by Crippen LogP contribution is -2.43. The molecule has 0 atom stereocenters. The fraction of sp³-hybridized carbons (Fsp3) is 0.462. The molecule has 0 aromatic heterocycles. The molecule has 1 aliphatic rings. The molecule has 0 amide bonds. The Morgan fingerprint density at radius 1 is 1.29 bits per heavy atom. The molecule has 0 radical (unpaired) electrons. The summed E-state index contributed by atoms with van der Waals surface area (Å²) in [6.45, 7) is 1.59. The number of halogens is 1. The molecule has 1 aromatic rings. The van der Waals surface area contributed by atoms with Crippen molar-refractivity contribution in [3.8, 4) is 0 Å². The van der Waals surface area contributed by atoms with Crippen molar-refractivity contribution in [3.63, 3.8) is 0 Å². The Bertz CT molecular complexity index is 396. The third kappa shape index (κ3) is 2.51. The Kier molecular flexibility index (Phi) is 3.82. The highest BCUT2D eigenvalue weighted by Gasteiger charge is 2.38. The van der Waals surface area contributed by atoms with E-state index in [9.17, 15) is 4.79 Å². The minimum Gasteiger partial charge on any atom is -0.381 e. The summed E-state index contributed by atoms with van der Waals surface area (Å²) >= 11 is 5.81. The van der Waals surface area contributed by atoms with Gasteiger partial charge in [-0.1, -0.05) is 11.6 Å². The second kappa shape index (κ2) is 5.17. The van der Waals surface area contributed by atoms with Crippen LogP contribution in [0.1, 0.15) is 23.2 Å². The molecule has 0 bridgehead atoms. The molecule has 0 spiro atoms. The number of nitrogens with two attached hydrogens (primary N) is 1. The van der Waals surface area contributed by atoms with E-state index in [-0.39, 0.29) is 5.78 Å². The summed E-state index contributed by atoms with van der Waals surface area (Å²) in [4.78, 5) is 12.5. The van der Waals surface area contributed by atoms with Crippen LogP contribution in [0.3, 0.4) is 0 Å². The van der Waals surface area contributed by atoms with E-state index in [0.29, 0.717) is 43.2 Å². The van der Waals surface area contributed by atoms with Gasteiger partial charge in [0.25, 0.3) is 0 Å². The fourth-order valence-electron chi connectivity index (χ4n) is 2.19. The Morgan fingerprint density at radius 3 is 2.41 bits per heavy atom. The monoisotopic (exact) mass is 253 g/mol. The van der Waals surface area contributed by atoms with E-state index < -0.39 is 5.41 Å². The first kappa shape index (κ1) is 12.6. The third-order valence-corrected chi connectivity index (χ3v) is 3.68. The maximum absolute atomic E-state index is 12.5. The highest BCUT2D eigenvalue weighted by atomic mass is 35.5. The number of hydrogen-bond donors (Lipinski definition) is 1. The molecule has 3 nitrogen and oxygen atoms in total. The van der Waals surface area contributed by atoms with Crippen LogP contribution in [0, 0.1) is 5.41 Å². The van der Waals surface area contributed by atoms with Gasteiger partial charge in [-0.25, -0.2) is 0 Å². The minimum absolute atomic E-state index is 0.111. The highest BCUT2D eigenvalue weighted by Crippen LogP contribution is 2.33. The molecule has 2 N–H and O–H groups in total. The van der Waals surface area contributed by atoms with Gasteiger partial charge in [0.05, 0.1) is 5.41 Å². The van der Waals surface area contributed by atoms with E-state index in [1.807, 2.05) is 0 Å². The van der Waals surface area contributed by atoms with Crippen molar-refractivity contribution >= 4 is 17.4 Å². The van der Waals surface area contributed by atoms with Gasteiger partial charge in [0.15, 0.2) is 5.78 Å². The van der Waals surface area contributed by atoms with Gasteiger partial charge in [-0.3, -0.25) is 4.79 Å². The van der Waals surface area contributed by atoms with Crippen LogP contribution in [0.4, 0.5) is 0 Å². The van der Waals surface area contributed by atoms with Gasteiger partial charge in [0.2, 0.25) is 0 Å². The zero-order chi connectivity index (χ0) is 12.3. The zero-order valence-electron chi connectivity index (χ0n) is 9.62. The summed E-state index contributed by atoms with van der Waals surface area (Å²) in [7, 11) is 0. The lowest BCUT2D eigenvalue weighted by atomic mass is 9.74. The number of benzene rings is 1. The lowest BCUT2D eigenvalue weighted by Gasteiger charge is -2.34. The molecule has 1 heterocycles. The highest BCUT2D eigenvalue weighted by molar-refractivity contribution is 6.30. The van der Waals surface area contributed by atoms with E-state index >= 15 is 0 Å². The Morgan fingerprint density at radius 2 is 1.88 bits per heavy atom. The van der Waals surface area contributed by atoms with E-state index in [2.05, 4.69) is 0 Å². The van der Waals surface area contributed by atoms with Crippen LogP contribution >= 0.6 is 11.6 Å². The van der Waals surface area contributed by atoms with Crippen molar-refractivity contribution < 1.29 is 9.53 Å². The first-order valence-electron chi connectivity index (χ1n) is 5.76. The van der Waals surface area contributed by atoms with Crippen LogP contribution < -0.4 is 5.73 Å². The van der Waals surface area contributed by atoms with Gasteiger partial charge >= 0.3 is 0 Å². The molecule has 17 heavy (non-hydrogen) atoms. The lowest BCUT2D eigenvalue weighted by molar-refractivity contribution is 0.0200. The number of ether oxygens (including phenoxy) is 1. The topological polar surface area (TPSA) is 52.3 Å². The van der Waals surface area contributed by atoms with E-state index in [1.54, 1.807) is 24.3 Å². The molecule has 0 unspecified atom stereocenters. The maximum atomic E-state index is 12.5. The Labute approximate surface area is 106 Å². The summed E-state index contributed by atoms with van der Waals surface area (Å²) in [5, 5.41) is 0.635. The molecule has 4 heteroatoms. The summed E-state index contributed by atoms with van der Waals surface area (Å²) in [5.41, 5.74) is 6.03. The maximum Gasteiger partial charge on any atom is 0.170 e. The zero-order valence-corrected chi connectivity index (χ0v) is 10.4. The number of carbonyl (C=O) groups excluding carboxylic acids is 1. The van der Waals surface area contributed by atoms with Crippen molar-refractivity contribution in [3.05, 3.63) is 34.9 Å². The molecule has 0 aliphatic carbocycles. The summed E-state index contributed by atoms with van der Waals surface area (Å²) in [6, 6.07) is 6.99. The standard InChI is InChI=1S/C13H16ClNO2/c14-11-3-1-10(2-4-11)12(16)13(9-15)5-7-17-8-6-13/h1-4H,5-9,15H2. The second-order valence-electron chi connectivity index (χ2n) is 4.43. The number of carbonyl (C=O) groups is 1. The van der Waals surface area contributed by atoms with Crippen LogP contribution in [-0.4, -0.2) is 25.5 Å². The van der Waals surface area contributed by atoms with Crippen molar-refractivity contribution in [2.24, 2.45) is 11.1 Å². The third-order valence-electron chi connectivity index (χ3n) is 3.43. The first-order chi connectivity index (χ1) is 8.18. The van der Waals surface area contributed by atoms with Crippen LogP contribution in [0.2, 0.25) is 5.02 Å². The molecule has 2 rings (SSSR count). The Balaban J connectivity index is 2.25. The molecule has 1 saturated heterocycles. The molecule has 0 saturated carbocycles. The molecular weight excluding hydrogens is 238 g/mol. The van der Waals surface area contributed by atoms with E-state index in [0.717, 1.165) is 0 Å². The average Bonchev–Trinajstić information content (AvgIpc) is 2.39. The van der Waals surface area contributed by atoms with E-state index in [4.69, 9.17) is 22.1 Å². The van der Waals surface area contributed by atoms with Gasteiger partial charge in [-0.15, -0.1) is 0 Å². The molecule has 92 valence electrons. The minimum atomic E-state index is -0.452. The second-order valence-corrected chi connectivity index (χ2v) is 4.87. The quantitative estimate of drug-likeness (QED) is 0.841. The average molecular weight is 254 g/mol. The van der Waals surface area contributed by atoms with Crippen LogP contribution in [0.15, 0.2) is 24.3 Å². The van der Waals surface area contributed by atoms with Crippen LogP contribution in [-0.2, 0) is 4.74 Å². The smallest absolute Gasteiger partial charge is 0.170 e. The predicted molar refractivity (Wildman–Crippen MR) is 67.3 cm³/mol. The van der Waals surface area contributed by atoms with Crippen molar-refractivity contribution in [2.45, 2.75) is 12.8 Å². The normalized spacial score (nSPS) is 18.9. The van der Waals surface area contributed by atoms with Gasteiger partial charge < -0.3 is 10.5 Å². The summed E-state index contributed by atoms with van der Waals surface area (Å²) < 4.78 is 5.30. The fourth-order valence-corrected chi connectivity index (χ4v) is 2.32. The van der Waals surface area contributed by atoms with Crippen molar-refractivity contribution in [1.82, 2.24) is 0 Å². The van der Waals surface area contributed by atoms with Crippen LogP contribution in [0.25, 0.3) is 0 Å². The molecule has 1 fully saturated rings. The number of rotatable bonds is 3. The van der Waals surface area contributed by atoms with Gasteiger partial charge in [-0.05, 0) is 37.1 Å². The van der Waals surface area contributed by atoms with Crippen molar-refractivity contribution in [1.29, 1.82) is 0 Å². The van der Waals surface area contributed by atoms with Gasteiger partial charge in [0, 0.05) is 30.3 Å². The van der Waals surface area contributed by atoms with E-state index in [1.165, 1.54) is 0 Å². The summed E-state index contributed by atoms with van der Waals surface area (Å²) in [5.74, 6) is 0.111. The molecule has 1 aromatic carbocycles. The largest absolute Gasteiger partial charge is 0.381 e. The molecule has 1 aliphatic heterocycles. The number of ketones is 1. The van der Waals surface area contributed by atoms with Crippen LogP contribution in [0.5, 0.6) is 0 Å². The number of hydrogen-bond acceptors (Lipinski definition) is 3. The Hall–Kier alpha value is -0.900. The number of Topliss-reactive ketones (excluding diaryl/α,β-unsaturated/α-hetero) is 1. The molecular formula is C13H16ClNO2. The van der Waals surface area contributed by atoms with Crippen molar-refractivity contribution in [2.75, 3.05) is 19.8 Å². The summed E-state index contributed by atoms with van der Waals surface area (Å²) in [6.07, 6.45) is 1.40. The SMILES string of the molecule is NCC1(C(=O)c2ccc(Cl)cc2)CCOCC1. The first-order valence-corrected chi connectivity index (χ1v) is 6.14.